The first-order valence-electron chi connectivity index (χ1n) is 6.56. The van der Waals surface area contributed by atoms with Crippen molar-refractivity contribution in [3.8, 4) is 0 Å². The number of hydrogen-bond acceptors (Lipinski definition) is 4. The number of nitrogens with zero attached hydrogens (tertiary/aromatic N) is 3. The molecular formula is C13H23N3O2. The van der Waals surface area contributed by atoms with Crippen molar-refractivity contribution in [3.05, 3.63) is 18.7 Å². The van der Waals surface area contributed by atoms with Gasteiger partial charge in [0.15, 0.2) is 0 Å². The second-order valence-corrected chi connectivity index (χ2v) is 5.57. The molecule has 5 heteroatoms. The molecule has 1 N–H and O–H groups in total. The summed E-state index contributed by atoms with van der Waals surface area (Å²) in [5.74, 6) is 0. The predicted octanol–water partition coefficient (Wildman–Crippen LogP) is 0.745. The first-order chi connectivity index (χ1) is 8.59. The fraction of sp³-hybridized carbons (Fsp3) is 0.769. The summed E-state index contributed by atoms with van der Waals surface area (Å²) < 4.78 is 7.89. The van der Waals surface area contributed by atoms with Crippen LogP contribution in [0, 0.1) is 0 Å². The van der Waals surface area contributed by atoms with Gasteiger partial charge in [0.25, 0.3) is 0 Å². The SMILES string of the molecule is CC1(C)CN(CCCn2ccnc2)CC(CO)O1. The van der Waals surface area contributed by atoms with Crippen molar-refractivity contribution in [1.29, 1.82) is 0 Å². The lowest BCUT2D eigenvalue weighted by atomic mass is 10.1. The summed E-state index contributed by atoms with van der Waals surface area (Å²) in [6.45, 7) is 8.02. The minimum Gasteiger partial charge on any atom is -0.394 e. The van der Waals surface area contributed by atoms with Gasteiger partial charge in [-0.15, -0.1) is 0 Å². The second-order valence-electron chi connectivity index (χ2n) is 5.57. The monoisotopic (exact) mass is 253 g/mol. The lowest BCUT2D eigenvalue weighted by Crippen LogP contribution is -2.53. The summed E-state index contributed by atoms with van der Waals surface area (Å²) >= 11 is 0. The fourth-order valence-electron chi connectivity index (χ4n) is 2.58. The summed E-state index contributed by atoms with van der Waals surface area (Å²) in [6, 6.07) is 0. The molecule has 1 saturated heterocycles. The van der Waals surface area contributed by atoms with Gasteiger partial charge in [-0.1, -0.05) is 0 Å². The van der Waals surface area contributed by atoms with Crippen LogP contribution in [0.5, 0.6) is 0 Å². The maximum absolute atomic E-state index is 9.25. The lowest BCUT2D eigenvalue weighted by Gasteiger charge is -2.42. The Labute approximate surface area is 108 Å². The third-order valence-corrected chi connectivity index (χ3v) is 3.21. The molecular weight excluding hydrogens is 230 g/mol. The first-order valence-corrected chi connectivity index (χ1v) is 6.56. The number of aliphatic hydroxyl groups is 1. The number of hydrogen-bond donors (Lipinski definition) is 1. The number of aliphatic hydroxyl groups excluding tert-OH is 1. The highest BCUT2D eigenvalue weighted by Crippen LogP contribution is 2.20. The van der Waals surface area contributed by atoms with Crippen LogP contribution in [-0.2, 0) is 11.3 Å². The van der Waals surface area contributed by atoms with E-state index in [1.165, 1.54) is 0 Å². The number of aryl methyl sites for hydroxylation is 1. The number of imidazole rings is 1. The molecule has 0 saturated carbocycles. The molecule has 5 nitrogen and oxygen atoms in total. The molecule has 0 bridgehead atoms. The highest BCUT2D eigenvalue weighted by Gasteiger charge is 2.32. The molecule has 1 fully saturated rings. The Kier molecular flexibility index (Phi) is 4.37. The zero-order chi connectivity index (χ0) is 13.0. The zero-order valence-corrected chi connectivity index (χ0v) is 11.2. The molecule has 102 valence electrons. The van der Waals surface area contributed by atoms with Gasteiger partial charge < -0.3 is 14.4 Å². The Balaban J connectivity index is 1.77. The van der Waals surface area contributed by atoms with Gasteiger partial charge in [0, 0.05) is 38.6 Å². The summed E-state index contributed by atoms with van der Waals surface area (Å²) in [5.41, 5.74) is -0.166. The second kappa shape index (κ2) is 5.82. The minimum atomic E-state index is -0.166. The van der Waals surface area contributed by atoms with E-state index >= 15 is 0 Å². The molecule has 1 aliphatic heterocycles. The Hall–Kier alpha value is -0.910. The molecule has 2 rings (SSSR count). The van der Waals surface area contributed by atoms with E-state index < -0.39 is 0 Å². The van der Waals surface area contributed by atoms with Crippen molar-refractivity contribution in [2.75, 3.05) is 26.2 Å². The van der Waals surface area contributed by atoms with Crippen LogP contribution in [0.15, 0.2) is 18.7 Å². The highest BCUT2D eigenvalue weighted by molar-refractivity contribution is 4.84. The Bertz CT molecular complexity index is 351. The van der Waals surface area contributed by atoms with Crippen LogP contribution >= 0.6 is 0 Å². The van der Waals surface area contributed by atoms with Gasteiger partial charge in [0.1, 0.15) is 0 Å². The Morgan fingerprint density at radius 1 is 1.44 bits per heavy atom. The van der Waals surface area contributed by atoms with Gasteiger partial charge in [-0.3, -0.25) is 4.90 Å². The van der Waals surface area contributed by atoms with Crippen LogP contribution in [-0.4, -0.2) is 57.5 Å². The maximum atomic E-state index is 9.25. The van der Waals surface area contributed by atoms with E-state index in [2.05, 4.69) is 28.3 Å². The van der Waals surface area contributed by atoms with Crippen molar-refractivity contribution in [3.63, 3.8) is 0 Å². The molecule has 1 unspecified atom stereocenters. The van der Waals surface area contributed by atoms with E-state index in [4.69, 9.17) is 4.74 Å². The van der Waals surface area contributed by atoms with Crippen LogP contribution in [0.4, 0.5) is 0 Å². The maximum Gasteiger partial charge on any atom is 0.0945 e. The number of morpholine rings is 1. The molecule has 1 atom stereocenters. The molecule has 1 aliphatic rings. The summed E-state index contributed by atoms with van der Waals surface area (Å²) in [7, 11) is 0. The predicted molar refractivity (Wildman–Crippen MR) is 69.3 cm³/mol. The normalized spacial score (nSPS) is 24.3. The summed E-state index contributed by atoms with van der Waals surface area (Å²) in [6.07, 6.45) is 6.67. The highest BCUT2D eigenvalue weighted by atomic mass is 16.5. The van der Waals surface area contributed by atoms with Crippen molar-refractivity contribution < 1.29 is 9.84 Å². The van der Waals surface area contributed by atoms with Crippen molar-refractivity contribution in [1.82, 2.24) is 14.5 Å². The molecule has 18 heavy (non-hydrogen) atoms. The zero-order valence-electron chi connectivity index (χ0n) is 11.2. The van der Waals surface area contributed by atoms with Crippen molar-refractivity contribution >= 4 is 0 Å². The molecule has 0 spiro atoms. The van der Waals surface area contributed by atoms with E-state index in [0.717, 1.165) is 32.6 Å². The van der Waals surface area contributed by atoms with Crippen LogP contribution in [0.25, 0.3) is 0 Å². The fourth-order valence-corrected chi connectivity index (χ4v) is 2.58. The Morgan fingerprint density at radius 2 is 2.28 bits per heavy atom. The minimum absolute atomic E-state index is 0.0537. The van der Waals surface area contributed by atoms with Crippen molar-refractivity contribution in [2.24, 2.45) is 0 Å². The molecule has 0 aromatic carbocycles. The van der Waals surface area contributed by atoms with Gasteiger partial charge in [-0.05, 0) is 20.3 Å². The smallest absolute Gasteiger partial charge is 0.0945 e. The van der Waals surface area contributed by atoms with Gasteiger partial charge in [-0.25, -0.2) is 4.98 Å². The topological polar surface area (TPSA) is 50.5 Å². The molecule has 0 radical (unpaired) electrons. The quantitative estimate of drug-likeness (QED) is 0.841. The summed E-state index contributed by atoms with van der Waals surface area (Å²) in [4.78, 5) is 6.41. The number of aromatic nitrogens is 2. The van der Waals surface area contributed by atoms with E-state index in [0.29, 0.717) is 0 Å². The van der Waals surface area contributed by atoms with Crippen LogP contribution < -0.4 is 0 Å². The third-order valence-electron chi connectivity index (χ3n) is 3.21. The van der Waals surface area contributed by atoms with Gasteiger partial charge in [0.05, 0.1) is 24.6 Å². The van der Waals surface area contributed by atoms with Crippen LogP contribution in [0.1, 0.15) is 20.3 Å². The van der Waals surface area contributed by atoms with E-state index in [1.807, 2.05) is 12.5 Å². The molecule has 2 heterocycles. The average Bonchev–Trinajstić information content (AvgIpc) is 2.80. The molecule has 0 aliphatic carbocycles. The van der Waals surface area contributed by atoms with Gasteiger partial charge in [0.2, 0.25) is 0 Å². The summed E-state index contributed by atoms with van der Waals surface area (Å²) in [5, 5.41) is 9.25. The lowest BCUT2D eigenvalue weighted by molar-refractivity contribution is -0.148. The average molecular weight is 253 g/mol. The molecule has 1 aromatic rings. The third kappa shape index (κ3) is 3.80. The van der Waals surface area contributed by atoms with E-state index in [1.54, 1.807) is 6.20 Å². The van der Waals surface area contributed by atoms with E-state index in [-0.39, 0.29) is 18.3 Å². The standard InChI is InChI=1S/C13H23N3O2/c1-13(2)10-16(8-12(9-17)18-13)6-3-5-15-7-4-14-11-15/h4,7,11-12,17H,3,5-6,8-10H2,1-2H3. The van der Waals surface area contributed by atoms with Crippen LogP contribution in [0.2, 0.25) is 0 Å². The number of ether oxygens (including phenoxy) is 1. The first kappa shape index (κ1) is 13.5. The molecule has 1 aromatic heterocycles. The Morgan fingerprint density at radius 3 is 2.94 bits per heavy atom. The van der Waals surface area contributed by atoms with Gasteiger partial charge >= 0.3 is 0 Å². The van der Waals surface area contributed by atoms with E-state index in [9.17, 15) is 5.11 Å². The van der Waals surface area contributed by atoms with Gasteiger partial charge in [-0.2, -0.15) is 0 Å². The number of rotatable bonds is 5. The largest absolute Gasteiger partial charge is 0.394 e. The van der Waals surface area contributed by atoms with Crippen LogP contribution in [0.3, 0.4) is 0 Å². The molecule has 0 amide bonds. The van der Waals surface area contributed by atoms with Crippen molar-refractivity contribution in [2.45, 2.75) is 38.5 Å².